The first-order chi connectivity index (χ1) is 20.1. The van der Waals surface area contributed by atoms with E-state index in [0.717, 1.165) is 46.9 Å². The maximum atomic E-state index is 13.5. The Kier molecular flexibility index (Phi) is 6.25. The van der Waals surface area contributed by atoms with Gasteiger partial charge in [0, 0.05) is 67.9 Å². The highest BCUT2D eigenvalue weighted by Crippen LogP contribution is 2.43. The number of aromatic nitrogens is 4. The molecule has 5 aliphatic heterocycles. The molecule has 3 aromatic heterocycles. The smallest absolute Gasteiger partial charge is 0.237 e. The number of pyridine rings is 2. The maximum absolute atomic E-state index is 13.5. The third kappa shape index (κ3) is 4.68. The topological polar surface area (TPSA) is 99.6 Å². The third-order valence-electron chi connectivity index (χ3n) is 9.54. The number of ether oxygens (including phenoxy) is 1. The van der Waals surface area contributed by atoms with Crippen LogP contribution in [0, 0.1) is 0 Å². The summed E-state index contributed by atoms with van der Waals surface area (Å²) in [6.45, 7) is 3.88. The average Bonchev–Trinajstić information content (AvgIpc) is 3.67. The number of amides is 1. The van der Waals surface area contributed by atoms with Crippen LogP contribution < -0.4 is 10.2 Å². The number of hydrogen-bond acceptors (Lipinski definition) is 9. The molecule has 2 bridgehead atoms. The van der Waals surface area contributed by atoms with Gasteiger partial charge >= 0.3 is 0 Å². The van der Waals surface area contributed by atoms with Crippen LogP contribution in [-0.4, -0.2) is 93.3 Å². The van der Waals surface area contributed by atoms with Gasteiger partial charge in [0.15, 0.2) is 5.82 Å². The maximum Gasteiger partial charge on any atom is 0.237 e. The molecule has 8 rings (SSSR count). The van der Waals surface area contributed by atoms with Crippen molar-refractivity contribution in [2.24, 2.45) is 0 Å². The minimum atomic E-state index is -0.815. The Balaban J connectivity index is 1.02. The largest absolute Gasteiger partial charge is 0.380 e. The second-order valence-electron chi connectivity index (χ2n) is 12.2. The summed E-state index contributed by atoms with van der Waals surface area (Å²) in [5.41, 5.74) is 3.98. The summed E-state index contributed by atoms with van der Waals surface area (Å²) < 4.78 is 19.0. The van der Waals surface area contributed by atoms with Crippen LogP contribution >= 0.6 is 0 Å². The minimum Gasteiger partial charge on any atom is -0.380 e. The molecular formula is C30H35FN8O2. The SMILES string of the molecule is O=C(CN1CCC(F)C1)N1CCc2nc(Nc3ncc4cc(C5COC5)nc(N5C6CCC5CC6)c4n3)ccc2C1. The van der Waals surface area contributed by atoms with E-state index in [9.17, 15) is 9.18 Å². The number of rotatable bonds is 6. The van der Waals surface area contributed by atoms with Gasteiger partial charge in [0.25, 0.3) is 0 Å². The summed E-state index contributed by atoms with van der Waals surface area (Å²) >= 11 is 0. The lowest BCUT2D eigenvalue weighted by Crippen LogP contribution is -2.42. The molecule has 11 heteroatoms. The second kappa shape index (κ2) is 10.1. The summed E-state index contributed by atoms with van der Waals surface area (Å²) in [6.07, 6.45) is 7.16. The van der Waals surface area contributed by atoms with Crippen molar-refractivity contribution in [2.75, 3.05) is 49.6 Å². The van der Waals surface area contributed by atoms with Crippen LogP contribution in [0.3, 0.4) is 0 Å². The average molecular weight is 559 g/mol. The van der Waals surface area contributed by atoms with Gasteiger partial charge in [0.1, 0.15) is 17.5 Å². The molecule has 3 aromatic rings. The zero-order valence-electron chi connectivity index (χ0n) is 23.1. The van der Waals surface area contributed by atoms with Crippen LogP contribution in [0.15, 0.2) is 24.4 Å². The van der Waals surface area contributed by atoms with Crippen molar-refractivity contribution >= 4 is 34.4 Å². The van der Waals surface area contributed by atoms with Gasteiger partial charge in [-0.1, -0.05) is 6.07 Å². The first-order valence-electron chi connectivity index (χ1n) is 15.0. The first-order valence-corrected chi connectivity index (χ1v) is 15.0. The molecular weight excluding hydrogens is 523 g/mol. The molecule has 8 heterocycles. The van der Waals surface area contributed by atoms with Crippen molar-refractivity contribution in [1.82, 2.24) is 29.7 Å². The number of alkyl halides is 1. The molecule has 4 fully saturated rings. The van der Waals surface area contributed by atoms with E-state index in [-0.39, 0.29) is 12.5 Å². The van der Waals surface area contributed by atoms with Gasteiger partial charge in [0.05, 0.1) is 25.5 Å². The van der Waals surface area contributed by atoms with E-state index >= 15 is 0 Å². The fourth-order valence-corrected chi connectivity index (χ4v) is 7.19. The van der Waals surface area contributed by atoms with Gasteiger partial charge in [-0.2, -0.15) is 0 Å². The monoisotopic (exact) mass is 558 g/mol. The van der Waals surface area contributed by atoms with E-state index in [4.69, 9.17) is 19.7 Å². The quantitative estimate of drug-likeness (QED) is 0.488. The Morgan fingerprint density at radius 3 is 2.61 bits per heavy atom. The minimum absolute atomic E-state index is 0.0559. The number of carbonyl (C=O) groups is 1. The fourth-order valence-electron chi connectivity index (χ4n) is 7.19. The van der Waals surface area contributed by atoms with E-state index in [1.807, 2.05) is 28.1 Å². The molecule has 0 saturated carbocycles. The first kappa shape index (κ1) is 25.3. The van der Waals surface area contributed by atoms with E-state index in [2.05, 4.69) is 21.3 Å². The molecule has 0 radical (unpaired) electrons. The summed E-state index contributed by atoms with van der Waals surface area (Å²) in [6, 6.07) is 7.16. The molecule has 4 saturated heterocycles. The standard InChI is InChI=1S/C30H35FN8O2/c31-21-7-9-37(14-21)15-27(40)38-10-8-24-18(13-38)1-6-26(33-24)35-30-32-12-19-11-25(20-16-41-17-20)34-29(28(19)36-30)39-22-2-3-23(39)5-4-22/h1,6,11-12,20-23H,2-5,7-10,13-17H2,(H,32,33,35,36). The van der Waals surface area contributed by atoms with Crippen molar-refractivity contribution in [3.05, 3.63) is 41.3 Å². The molecule has 5 aliphatic rings. The predicted octanol–water partition coefficient (Wildman–Crippen LogP) is 3.34. The number of fused-ring (bicyclic) bond motifs is 4. The van der Waals surface area contributed by atoms with E-state index in [1.54, 1.807) is 0 Å². The number of nitrogens with zero attached hydrogens (tertiary/aromatic N) is 7. The van der Waals surface area contributed by atoms with Gasteiger partial charge in [-0.15, -0.1) is 0 Å². The van der Waals surface area contributed by atoms with E-state index < -0.39 is 6.17 Å². The van der Waals surface area contributed by atoms with Gasteiger partial charge in [0.2, 0.25) is 11.9 Å². The van der Waals surface area contributed by atoms with Crippen molar-refractivity contribution in [1.29, 1.82) is 0 Å². The van der Waals surface area contributed by atoms with Crippen LogP contribution in [0.2, 0.25) is 0 Å². The third-order valence-corrected chi connectivity index (χ3v) is 9.54. The molecule has 1 N–H and O–H groups in total. The van der Waals surface area contributed by atoms with Crippen molar-refractivity contribution in [3.8, 4) is 0 Å². The van der Waals surface area contributed by atoms with Crippen molar-refractivity contribution < 1.29 is 13.9 Å². The summed E-state index contributed by atoms with van der Waals surface area (Å²) in [5, 5.41) is 4.33. The fraction of sp³-hybridized carbons (Fsp3) is 0.567. The highest BCUT2D eigenvalue weighted by molar-refractivity contribution is 5.90. The van der Waals surface area contributed by atoms with E-state index in [0.29, 0.717) is 68.8 Å². The Labute approximate surface area is 238 Å². The molecule has 1 atom stereocenters. The van der Waals surface area contributed by atoms with Crippen LogP contribution in [0.25, 0.3) is 10.9 Å². The van der Waals surface area contributed by atoms with Gasteiger partial charge in [-0.3, -0.25) is 9.69 Å². The Bertz CT molecular complexity index is 1480. The van der Waals surface area contributed by atoms with Crippen LogP contribution in [-0.2, 0) is 22.5 Å². The van der Waals surface area contributed by atoms with Crippen LogP contribution in [0.5, 0.6) is 0 Å². The zero-order valence-corrected chi connectivity index (χ0v) is 23.1. The normalized spacial score (nSPS) is 26.0. The molecule has 0 aliphatic carbocycles. The highest BCUT2D eigenvalue weighted by atomic mass is 19.1. The number of hydrogen-bond donors (Lipinski definition) is 1. The van der Waals surface area contributed by atoms with Crippen LogP contribution in [0.1, 0.15) is 55.0 Å². The molecule has 0 spiro atoms. The molecule has 0 aromatic carbocycles. The molecule has 1 unspecified atom stereocenters. The van der Waals surface area contributed by atoms with Crippen molar-refractivity contribution in [3.63, 3.8) is 0 Å². The Morgan fingerprint density at radius 2 is 1.88 bits per heavy atom. The summed E-state index contributed by atoms with van der Waals surface area (Å²) in [4.78, 5) is 38.8. The van der Waals surface area contributed by atoms with Crippen molar-refractivity contribution in [2.45, 2.75) is 69.2 Å². The van der Waals surface area contributed by atoms with Gasteiger partial charge in [-0.25, -0.2) is 24.3 Å². The van der Waals surface area contributed by atoms with Gasteiger partial charge < -0.3 is 19.9 Å². The number of anilines is 3. The number of carbonyl (C=O) groups excluding carboxylic acids is 1. The van der Waals surface area contributed by atoms with Crippen LogP contribution in [0.4, 0.5) is 22.0 Å². The zero-order chi connectivity index (χ0) is 27.5. The second-order valence-corrected chi connectivity index (χ2v) is 12.2. The predicted molar refractivity (Wildman–Crippen MR) is 152 cm³/mol. The lowest BCUT2D eigenvalue weighted by molar-refractivity contribution is -0.133. The summed E-state index contributed by atoms with van der Waals surface area (Å²) in [5.74, 6) is 2.57. The molecule has 1 amide bonds. The number of likely N-dealkylation sites (tertiary alicyclic amines) is 1. The molecule has 10 nitrogen and oxygen atoms in total. The number of halogens is 1. The molecule has 214 valence electrons. The lowest BCUT2D eigenvalue weighted by atomic mass is 10.0. The summed E-state index contributed by atoms with van der Waals surface area (Å²) in [7, 11) is 0. The van der Waals surface area contributed by atoms with E-state index in [1.165, 1.54) is 25.7 Å². The number of nitrogens with one attached hydrogen (secondary N) is 1. The molecule has 41 heavy (non-hydrogen) atoms. The highest BCUT2D eigenvalue weighted by Gasteiger charge is 2.41. The lowest BCUT2D eigenvalue weighted by Gasteiger charge is -2.30. The Hall–Kier alpha value is -3.44. The van der Waals surface area contributed by atoms with Gasteiger partial charge in [-0.05, 0) is 49.8 Å². The Morgan fingerprint density at radius 1 is 1.05 bits per heavy atom.